The highest BCUT2D eigenvalue weighted by atomic mass is 31.1. The van der Waals surface area contributed by atoms with Gasteiger partial charge < -0.3 is 0 Å². The number of rotatable bonds is 7. The van der Waals surface area contributed by atoms with Crippen molar-refractivity contribution in [3.8, 4) is 0 Å². The molecule has 1 atom stereocenters. The van der Waals surface area contributed by atoms with E-state index in [9.17, 15) is 0 Å². The van der Waals surface area contributed by atoms with Crippen LogP contribution in [0.25, 0.3) is 0 Å². The van der Waals surface area contributed by atoms with E-state index in [0.29, 0.717) is 0 Å². The Kier molecular flexibility index (Phi) is 8.58. The maximum atomic E-state index is 2.30. The van der Waals surface area contributed by atoms with Gasteiger partial charge >= 0.3 is 0 Å². The summed E-state index contributed by atoms with van der Waals surface area (Å²) < 4.78 is 0. The molecule has 0 amide bonds. The van der Waals surface area contributed by atoms with E-state index in [1.54, 1.807) is 0 Å². The molecule has 0 bridgehead atoms. The van der Waals surface area contributed by atoms with Gasteiger partial charge in [-0.2, -0.15) is 9.90 Å². The quantitative estimate of drug-likeness (QED) is 0.347. The van der Waals surface area contributed by atoms with Crippen LogP contribution >= 0.6 is 25.7 Å². The third kappa shape index (κ3) is 5.84. The van der Waals surface area contributed by atoms with Crippen molar-refractivity contribution in [3.05, 3.63) is 121 Å². The minimum absolute atomic E-state index is 0. The average molecular weight is 432 g/mol. The van der Waals surface area contributed by atoms with Crippen LogP contribution in [0.3, 0.4) is 0 Å². The summed E-state index contributed by atoms with van der Waals surface area (Å²) >= 11 is 0. The minimum atomic E-state index is -0.348. The SMILES string of the molecule is P.c1ccc(P(CCP(c2ccccc2)c2ccccc2)c2ccccc2)cc1. The number of benzene rings is 4. The Balaban J connectivity index is 0.00000240. The molecule has 4 aromatic rings. The first-order chi connectivity index (χ1) is 13.9. The van der Waals surface area contributed by atoms with Gasteiger partial charge in [0.2, 0.25) is 0 Å². The van der Waals surface area contributed by atoms with Gasteiger partial charge in [0.15, 0.2) is 0 Å². The van der Waals surface area contributed by atoms with Crippen molar-refractivity contribution in [3.63, 3.8) is 0 Å². The monoisotopic (exact) mass is 432 g/mol. The molecule has 4 rings (SSSR count). The van der Waals surface area contributed by atoms with Crippen molar-refractivity contribution in [2.75, 3.05) is 12.3 Å². The van der Waals surface area contributed by atoms with Crippen LogP contribution in [0.5, 0.6) is 0 Å². The van der Waals surface area contributed by atoms with Gasteiger partial charge in [-0.05, 0) is 49.4 Å². The van der Waals surface area contributed by atoms with Gasteiger partial charge in [-0.25, -0.2) is 0 Å². The van der Waals surface area contributed by atoms with Crippen LogP contribution in [0.4, 0.5) is 0 Å². The molecule has 0 radical (unpaired) electrons. The lowest BCUT2D eigenvalue weighted by molar-refractivity contribution is 1.51. The van der Waals surface area contributed by atoms with Gasteiger partial charge in [-0.1, -0.05) is 121 Å². The Hall–Kier alpha value is -1.83. The lowest BCUT2D eigenvalue weighted by Gasteiger charge is -2.24. The predicted octanol–water partition coefficient (Wildman–Crippen LogP) is 5.31. The third-order valence-electron chi connectivity index (χ3n) is 4.82. The zero-order valence-corrected chi connectivity index (χ0v) is 19.8. The highest BCUT2D eigenvalue weighted by molar-refractivity contribution is 7.76. The van der Waals surface area contributed by atoms with Gasteiger partial charge in [0.25, 0.3) is 0 Å². The molecule has 0 heterocycles. The highest BCUT2D eigenvalue weighted by Gasteiger charge is 2.18. The molecule has 29 heavy (non-hydrogen) atoms. The zero-order valence-electron chi connectivity index (χ0n) is 16.6. The van der Waals surface area contributed by atoms with Crippen LogP contribution in [0.15, 0.2) is 121 Å². The van der Waals surface area contributed by atoms with E-state index in [4.69, 9.17) is 0 Å². The molecule has 1 unspecified atom stereocenters. The predicted molar refractivity (Wildman–Crippen MR) is 139 cm³/mol. The maximum Gasteiger partial charge on any atom is -0.0195 e. The molecule has 0 aromatic heterocycles. The zero-order chi connectivity index (χ0) is 19.0. The summed E-state index contributed by atoms with van der Waals surface area (Å²) in [4.78, 5) is 0. The summed E-state index contributed by atoms with van der Waals surface area (Å²) in [5.74, 6) is 0. The first-order valence-electron chi connectivity index (χ1n) is 9.67. The summed E-state index contributed by atoms with van der Waals surface area (Å²) in [5.41, 5.74) is 0. The molecule has 0 aliphatic heterocycles. The molecule has 3 heteroatoms. The molecule has 0 fully saturated rings. The van der Waals surface area contributed by atoms with Crippen molar-refractivity contribution >= 4 is 47.0 Å². The molecular weight excluding hydrogens is 405 g/mol. The second-order valence-electron chi connectivity index (χ2n) is 6.65. The Bertz CT molecular complexity index is 796. The number of hydrogen-bond donors (Lipinski definition) is 0. The Morgan fingerprint density at radius 1 is 0.345 bits per heavy atom. The van der Waals surface area contributed by atoms with E-state index < -0.39 is 0 Å². The van der Waals surface area contributed by atoms with Crippen molar-refractivity contribution in [2.24, 2.45) is 0 Å². The van der Waals surface area contributed by atoms with Crippen LogP contribution in [0.1, 0.15) is 0 Å². The van der Waals surface area contributed by atoms with Gasteiger partial charge in [0, 0.05) is 0 Å². The maximum absolute atomic E-state index is 2.30. The fourth-order valence-electron chi connectivity index (χ4n) is 3.45. The molecule has 0 saturated heterocycles. The minimum Gasteiger partial charge on any atom is -0.153 e. The normalized spacial score (nSPS) is 10.7. The molecule has 0 aliphatic carbocycles. The van der Waals surface area contributed by atoms with Gasteiger partial charge in [-0.15, -0.1) is 0 Å². The van der Waals surface area contributed by atoms with Crippen LogP contribution in [0, 0.1) is 0 Å². The standard InChI is InChI=1S/C26H24P2.H3P/c1-5-13-23(14-6-1)27(24-15-7-2-8-16-24)21-22-28(25-17-9-3-10-18-25)26-19-11-4-12-20-26;/h1-20H,21-22H2;1H3. The van der Waals surface area contributed by atoms with Gasteiger partial charge in [0.05, 0.1) is 0 Å². The van der Waals surface area contributed by atoms with Crippen molar-refractivity contribution in [1.82, 2.24) is 0 Å². The van der Waals surface area contributed by atoms with Crippen LogP contribution in [-0.4, -0.2) is 12.3 Å². The van der Waals surface area contributed by atoms with Crippen LogP contribution in [-0.2, 0) is 0 Å². The highest BCUT2D eigenvalue weighted by Crippen LogP contribution is 2.41. The third-order valence-corrected chi connectivity index (χ3v) is 10.2. The molecule has 0 saturated carbocycles. The second kappa shape index (κ2) is 11.4. The second-order valence-corrected chi connectivity index (χ2v) is 11.3. The van der Waals surface area contributed by atoms with Crippen LogP contribution < -0.4 is 21.2 Å². The average Bonchev–Trinajstić information content (AvgIpc) is 2.79. The molecule has 0 spiro atoms. The summed E-state index contributed by atoms with van der Waals surface area (Å²) in [5, 5.41) is 5.89. The lowest BCUT2D eigenvalue weighted by atomic mass is 10.4. The van der Waals surface area contributed by atoms with E-state index in [-0.39, 0.29) is 25.7 Å². The molecule has 146 valence electrons. The number of hydrogen-bond acceptors (Lipinski definition) is 0. The topological polar surface area (TPSA) is 0 Å². The summed E-state index contributed by atoms with van der Waals surface area (Å²) in [7, 11) is -0.696. The fraction of sp³-hybridized carbons (Fsp3) is 0.0769. The summed E-state index contributed by atoms with van der Waals surface area (Å²) in [6.45, 7) is 0. The Labute approximate surface area is 180 Å². The van der Waals surface area contributed by atoms with E-state index in [1.165, 1.54) is 33.5 Å². The smallest absolute Gasteiger partial charge is 0.0195 e. The Morgan fingerprint density at radius 3 is 0.759 bits per heavy atom. The molecule has 0 N–H and O–H groups in total. The molecule has 0 nitrogen and oxygen atoms in total. The summed E-state index contributed by atoms with van der Waals surface area (Å²) in [6.07, 6.45) is 2.41. The molecule has 0 aliphatic rings. The van der Waals surface area contributed by atoms with E-state index in [0.717, 1.165) is 0 Å². The van der Waals surface area contributed by atoms with Crippen molar-refractivity contribution < 1.29 is 0 Å². The van der Waals surface area contributed by atoms with Gasteiger partial charge in [0.1, 0.15) is 0 Å². The summed E-state index contributed by atoms with van der Waals surface area (Å²) in [6, 6.07) is 44.2. The lowest BCUT2D eigenvalue weighted by Crippen LogP contribution is -2.19. The fourth-order valence-corrected chi connectivity index (χ4v) is 8.80. The van der Waals surface area contributed by atoms with E-state index in [1.807, 2.05) is 0 Å². The molecule has 4 aromatic carbocycles. The van der Waals surface area contributed by atoms with Crippen LogP contribution in [0.2, 0.25) is 0 Å². The Morgan fingerprint density at radius 2 is 0.552 bits per heavy atom. The first-order valence-corrected chi connectivity index (χ1v) is 12.7. The van der Waals surface area contributed by atoms with Crippen molar-refractivity contribution in [2.45, 2.75) is 0 Å². The van der Waals surface area contributed by atoms with Gasteiger partial charge in [-0.3, -0.25) is 0 Å². The molecular formula is C26H27P3. The van der Waals surface area contributed by atoms with E-state index >= 15 is 0 Å². The first kappa shape index (κ1) is 21.9. The van der Waals surface area contributed by atoms with E-state index in [2.05, 4.69) is 121 Å². The largest absolute Gasteiger partial charge is 0.153 e. The van der Waals surface area contributed by atoms with Crippen molar-refractivity contribution in [1.29, 1.82) is 0 Å².